The topological polar surface area (TPSA) is 55.5 Å². The van der Waals surface area contributed by atoms with Gasteiger partial charge in [-0.1, -0.05) is 11.6 Å². The standard InChI is InChI=1S/C10H13ClFNO2.ClH/c1-15-9-3-2-8(12)7(10(9)11)4-6(13)5-14;/h2-3,6,14H,4-5,13H2,1H3;1H. The zero-order chi connectivity index (χ0) is 11.4. The van der Waals surface area contributed by atoms with E-state index in [4.69, 9.17) is 27.2 Å². The summed E-state index contributed by atoms with van der Waals surface area (Å²) in [6.07, 6.45) is 0.179. The van der Waals surface area contributed by atoms with E-state index in [1.807, 2.05) is 0 Å². The number of hydrogen-bond donors (Lipinski definition) is 2. The summed E-state index contributed by atoms with van der Waals surface area (Å²) in [7, 11) is 1.45. The molecule has 6 heteroatoms. The van der Waals surface area contributed by atoms with Crippen molar-refractivity contribution < 1.29 is 14.2 Å². The highest BCUT2D eigenvalue weighted by Gasteiger charge is 2.14. The largest absolute Gasteiger partial charge is 0.495 e. The normalized spacial score (nSPS) is 11.8. The van der Waals surface area contributed by atoms with Gasteiger partial charge < -0.3 is 15.6 Å². The van der Waals surface area contributed by atoms with Crippen LogP contribution in [0.2, 0.25) is 5.02 Å². The first kappa shape index (κ1) is 15.4. The Morgan fingerprint density at radius 1 is 1.56 bits per heavy atom. The van der Waals surface area contributed by atoms with Gasteiger partial charge in [0, 0.05) is 11.6 Å². The van der Waals surface area contributed by atoms with Gasteiger partial charge in [-0.15, -0.1) is 12.4 Å². The van der Waals surface area contributed by atoms with Crippen molar-refractivity contribution in [2.75, 3.05) is 13.7 Å². The van der Waals surface area contributed by atoms with Crippen molar-refractivity contribution >= 4 is 24.0 Å². The molecule has 3 N–H and O–H groups in total. The van der Waals surface area contributed by atoms with Crippen molar-refractivity contribution in [1.29, 1.82) is 0 Å². The Morgan fingerprint density at radius 3 is 2.69 bits per heavy atom. The first-order valence-corrected chi connectivity index (χ1v) is 4.85. The summed E-state index contributed by atoms with van der Waals surface area (Å²) in [5.74, 6) is -0.0390. The molecule has 0 saturated carbocycles. The molecule has 0 aliphatic heterocycles. The average molecular weight is 270 g/mol. The third-order valence-corrected chi connectivity index (χ3v) is 2.49. The number of aliphatic hydroxyl groups is 1. The Morgan fingerprint density at radius 2 is 2.19 bits per heavy atom. The van der Waals surface area contributed by atoms with E-state index >= 15 is 0 Å². The van der Waals surface area contributed by atoms with Crippen LogP contribution >= 0.6 is 24.0 Å². The summed E-state index contributed by atoms with van der Waals surface area (Å²) in [5, 5.41) is 8.99. The number of rotatable bonds is 4. The predicted octanol–water partition coefficient (Wildman–Crippen LogP) is 1.77. The molecule has 16 heavy (non-hydrogen) atoms. The molecular weight excluding hydrogens is 256 g/mol. The van der Waals surface area contributed by atoms with Gasteiger partial charge in [-0.2, -0.15) is 0 Å². The third kappa shape index (κ3) is 3.49. The quantitative estimate of drug-likeness (QED) is 0.876. The Bertz CT molecular complexity index is 350. The number of aliphatic hydroxyl groups excluding tert-OH is 1. The molecule has 0 aromatic heterocycles. The van der Waals surface area contributed by atoms with Crippen molar-refractivity contribution in [3.63, 3.8) is 0 Å². The van der Waals surface area contributed by atoms with E-state index in [0.717, 1.165) is 0 Å². The van der Waals surface area contributed by atoms with E-state index in [9.17, 15) is 4.39 Å². The van der Waals surface area contributed by atoms with Gasteiger partial charge in [0.25, 0.3) is 0 Å². The molecule has 1 atom stereocenters. The molecule has 0 saturated heterocycles. The fourth-order valence-corrected chi connectivity index (χ4v) is 1.56. The number of ether oxygens (including phenoxy) is 1. The molecule has 0 aliphatic rings. The average Bonchev–Trinajstić information content (AvgIpc) is 2.24. The highest BCUT2D eigenvalue weighted by atomic mass is 35.5. The van der Waals surface area contributed by atoms with Crippen molar-refractivity contribution in [3.05, 3.63) is 28.5 Å². The number of methoxy groups -OCH3 is 1. The first-order valence-electron chi connectivity index (χ1n) is 4.47. The lowest BCUT2D eigenvalue weighted by atomic mass is 10.1. The summed E-state index contributed by atoms with van der Waals surface area (Å²) >= 11 is 5.91. The molecule has 0 amide bonds. The zero-order valence-corrected chi connectivity index (χ0v) is 10.3. The zero-order valence-electron chi connectivity index (χ0n) is 8.74. The summed E-state index contributed by atoms with van der Waals surface area (Å²) in [6.45, 7) is -0.215. The van der Waals surface area contributed by atoms with Crippen LogP contribution in [0.4, 0.5) is 4.39 Å². The minimum Gasteiger partial charge on any atom is -0.495 e. The molecule has 0 fully saturated rings. The van der Waals surface area contributed by atoms with E-state index in [1.165, 1.54) is 19.2 Å². The van der Waals surface area contributed by atoms with Crippen molar-refractivity contribution in [2.24, 2.45) is 5.73 Å². The molecule has 0 bridgehead atoms. The van der Waals surface area contributed by atoms with Gasteiger partial charge in [0.1, 0.15) is 11.6 Å². The van der Waals surface area contributed by atoms with E-state index in [1.54, 1.807) is 0 Å². The Labute approximate surface area is 105 Å². The van der Waals surface area contributed by atoms with Gasteiger partial charge in [-0.3, -0.25) is 0 Å². The molecule has 0 heterocycles. The molecular formula is C10H14Cl2FNO2. The maximum Gasteiger partial charge on any atom is 0.137 e. The van der Waals surface area contributed by atoms with Crippen LogP contribution in [-0.2, 0) is 6.42 Å². The SMILES string of the molecule is COc1ccc(F)c(CC(N)CO)c1Cl.Cl. The smallest absolute Gasteiger partial charge is 0.137 e. The van der Waals surface area contributed by atoms with Gasteiger partial charge in [-0.25, -0.2) is 4.39 Å². The van der Waals surface area contributed by atoms with Crippen LogP contribution in [0.1, 0.15) is 5.56 Å². The first-order chi connectivity index (χ1) is 7.10. The number of benzene rings is 1. The molecule has 92 valence electrons. The minimum absolute atomic E-state index is 0. The van der Waals surface area contributed by atoms with Gasteiger partial charge in [-0.05, 0) is 18.6 Å². The molecule has 1 rings (SSSR count). The molecule has 0 aliphatic carbocycles. The molecule has 0 spiro atoms. The fourth-order valence-electron chi connectivity index (χ4n) is 1.25. The number of nitrogens with two attached hydrogens (primary N) is 1. The van der Waals surface area contributed by atoms with Crippen LogP contribution in [0.5, 0.6) is 5.75 Å². The highest BCUT2D eigenvalue weighted by molar-refractivity contribution is 6.32. The van der Waals surface area contributed by atoms with Crippen LogP contribution < -0.4 is 10.5 Å². The van der Waals surface area contributed by atoms with Gasteiger partial charge in [0.05, 0.1) is 18.7 Å². The second kappa shape index (κ2) is 6.91. The summed E-state index contributed by atoms with van der Waals surface area (Å²) in [6, 6.07) is 2.19. The molecule has 1 unspecified atom stereocenters. The monoisotopic (exact) mass is 269 g/mol. The summed E-state index contributed by atoms with van der Waals surface area (Å²) in [4.78, 5) is 0. The minimum atomic E-state index is -0.524. The van der Waals surface area contributed by atoms with Gasteiger partial charge in [0.2, 0.25) is 0 Å². The van der Waals surface area contributed by atoms with Crippen LogP contribution in [-0.4, -0.2) is 24.9 Å². The van der Waals surface area contributed by atoms with Crippen molar-refractivity contribution in [3.8, 4) is 5.75 Å². The lowest BCUT2D eigenvalue weighted by molar-refractivity contribution is 0.264. The lowest BCUT2D eigenvalue weighted by Gasteiger charge is -2.12. The van der Waals surface area contributed by atoms with Gasteiger partial charge >= 0.3 is 0 Å². The second-order valence-electron chi connectivity index (χ2n) is 3.19. The van der Waals surface area contributed by atoms with Crippen molar-refractivity contribution in [1.82, 2.24) is 0 Å². The van der Waals surface area contributed by atoms with E-state index in [-0.39, 0.29) is 36.0 Å². The summed E-state index contributed by atoms with van der Waals surface area (Å²) < 4.78 is 18.3. The van der Waals surface area contributed by atoms with Crippen molar-refractivity contribution in [2.45, 2.75) is 12.5 Å². The van der Waals surface area contributed by atoms with Crippen LogP contribution in [0.25, 0.3) is 0 Å². The fraction of sp³-hybridized carbons (Fsp3) is 0.400. The molecule has 1 aromatic rings. The van der Waals surface area contributed by atoms with Gasteiger partial charge in [0.15, 0.2) is 0 Å². The molecule has 1 aromatic carbocycles. The Hall–Kier alpha value is -0.550. The maximum atomic E-state index is 13.4. The van der Waals surface area contributed by atoms with Crippen LogP contribution in [0.15, 0.2) is 12.1 Å². The van der Waals surface area contributed by atoms with E-state index in [2.05, 4.69) is 0 Å². The molecule has 0 radical (unpaired) electrons. The summed E-state index contributed by atoms with van der Waals surface area (Å²) in [5.41, 5.74) is 5.79. The predicted molar refractivity (Wildman–Crippen MR) is 64.0 cm³/mol. The number of halogens is 3. The maximum absolute atomic E-state index is 13.4. The Kier molecular flexibility index (Phi) is 6.67. The van der Waals surface area contributed by atoms with Crippen LogP contribution in [0, 0.1) is 5.82 Å². The third-order valence-electron chi connectivity index (χ3n) is 2.07. The lowest BCUT2D eigenvalue weighted by Crippen LogP contribution is -2.27. The van der Waals surface area contributed by atoms with Crippen LogP contribution in [0.3, 0.4) is 0 Å². The Balaban J connectivity index is 0.00000225. The molecule has 3 nitrogen and oxygen atoms in total. The van der Waals surface area contributed by atoms with E-state index < -0.39 is 11.9 Å². The second-order valence-corrected chi connectivity index (χ2v) is 3.57. The number of hydrogen-bond acceptors (Lipinski definition) is 3. The highest BCUT2D eigenvalue weighted by Crippen LogP contribution is 2.30. The van der Waals surface area contributed by atoms with E-state index in [0.29, 0.717) is 5.75 Å².